The Labute approximate surface area is 199 Å². The molecule has 0 aliphatic rings. The van der Waals surface area contributed by atoms with Crippen LogP contribution in [0.3, 0.4) is 0 Å². The SMILES string of the molecule is C=C(N=C(C)c1ccc2c(c1)c1ccccc1n2-c1ccccc1)c1ccc2ccccc2c1. The number of benzene rings is 5. The molecule has 6 aromatic rings. The molecule has 1 aromatic heterocycles. The normalized spacial score (nSPS) is 12.0. The number of aliphatic imine (C=N–C) groups is 1. The van der Waals surface area contributed by atoms with E-state index in [1.54, 1.807) is 0 Å². The van der Waals surface area contributed by atoms with Crippen LogP contribution >= 0.6 is 0 Å². The molecule has 0 bridgehead atoms. The summed E-state index contributed by atoms with van der Waals surface area (Å²) in [5.74, 6) is 0. The Morgan fingerprint density at radius 3 is 2.15 bits per heavy atom. The lowest BCUT2D eigenvalue weighted by Gasteiger charge is -2.08. The van der Waals surface area contributed by atoms with Gasteiger partial charge in [-0.25, -0.2) is 0 Å². The third kappa shape index (κ3) is 3.41. The summed E-state index contributed by atoms with van der Waals surface area (Å²) in [6.07, 6.45) is 0. The third-order valence-electron chi connectivity index (χ3n) is 6.49. The van der Waals surface area contributed by atoms with Gasteiger partial charge in [0.2, 0.25) is 0 Å². The zero-order valence-electron chi connectivity index (χ0n) is 19.1. The first kappa shape index (κ1) is 20.2. The van der Waals surface area contributed by atoms with Crippen LogP contribution in [0.1, 0.15) is 18.1 Å². The maximum Gasteiger partial charge on any atom is 0.0633 e. The molecule has 5 aromatic carbocycles. The zero-order valence-corrected chi connectivity index (χ0v) is 19.1. The smallest absolute Gasteiger partial charge is 0.0633 e. The summed E-state index contributed by atoms with van der Waals surface area (Å²) in [5, 5.41) is 4.89. The first-order valence-corrected chi connectivity index (χ1v) is 11.5. The number of para-hydroxylation sites is 2. The second-order valence-electron chi connectivity index (χ2n) is 8.63. The van der Waals surface area contributed by atoms with Gasteiger partial charge in [0.05, 0.1) is 16.7 Å². The van der Waals surface area contributed by atoms with E-state index in [0.29, 0.717) is 0 Å². The molecule has 0 aliphatic carbocycles. The average molecular weight is 437 g/mol. The molecule has 0 amide bonds. The van der Waals surface area contributed by atoms with Crippen molar-refractivity contribution >= 4 is 44.0 Å². The van der Waals surface area contributed by atoms with Crippen LogP contribution in [-0.4, -0.2) is 10.3 Å². The predicted octanol–water partition coefficient (Wildman–Crippen LogP) is 8.42. The second kappa shape index (κ2) is 8.17. The fraction of sp³-hybridized carbons (Fsp3) is 0.0312. The number of hydrogen-bond donors (Lipinski definition) is 0. The maximum atomic E-state index is 4.89. The highest BCUT2D eigenvalue weighted by atomic mass is 15.0. The number of nitrogens with zero attached hydrogens (tertiary/aromatic N) is 2. The Hall–Kier alpha value is -4.43. The molecule has 0 saturated heterocycles. The molecule has 0 saturated carbocycles. The predicted molar refractivity (Wildman–Crippen MR) is 146 cm³/mol. The molecule has 0 unspecified atom stereocenters. The van der Waals surface area contributed by atoms with Crippen LogP contribution in [0.25, 0.3) is 44.0 Å². The van der Waals surface area contributed by atoms with Gasteiger partial charge in [-0.05, 0) is 59.7 Å². The van der Waals surface area contributed by atoms with Crippen LogP contribution < -0.4 is 0 Å². The third-order valence-corrected chi connectivity index (χ3v) is 6.49. The second-order valence-corrected chi connectivity index (χ2v) is 8.63. The summed E-state index contributed by atoms with van der Waals surface area (Å²) >= 11 is 0. The lowest BCUT2D eigenvalue weighted by atomic mass is 10.0. The molecular weight excluding hydrogens is 412 g/mol. The van der Waals surface area contributed by atoms with E-state index in [0.717, 1.165) is 28.2 Å². The number of aromatic nitrogens is 1. The van der Waals surface area contributed by atoms with Gasteiger partial charge >= 0.3 is 0 Å². The van der Waals surface area contributed by atoms with Crippen LogP contribution in [0.2, 0.25) is 0 Å². The monoisotopic (exact) mass is 436 g/mol. The van der Waals surface area contributed by atoms with Crippen LogP contribution in [-0.2, 0) is 0 Å². The van der Waals surface area contributed by atoms with E-state index in [1.165, 1.54) is 32.6 Å². The maximum absolute atomic E-state index is 4.89. The van der Waals surface area contributed by atoms with Gasteiger partial charge in [-0.3, -0.25) is 4.99 Å². The molecule has 0 fully saturated rings. The highest BCUT2D eigenvalue weighted by Gasteiger charge is 2.13. The van der Waals surface area contributed by atoms with E-state index in [2.05, 4.69) is 133 Å². The van der Waals surface area contributed by atoms with Gasteiger partial charge in [0.1, 0.15) is 0 Å². The van der Waals surface area contributed by atoms with Crippen molar-refractivity contribution < 1.29 is 0 Å². The topological polar surface area (TPSA) is 17.3 Å². The van der Waals surface area contributed by atoms with E-state index < -0.39 is 0 Å². The first-order chi connectivity index (χ1) is 16.7. The molecule has 0 atom stereocenters. The molecule has 0 aliphatic heterocycles. The van der Waals surface area contributed by atoms with Crippen LogP contribution in [0.15, 0.2) is 127 Å². The molecule has 0 radical (unpaired) electrons. The van der Waals surface area contributed by atoms with Crippen molar-refractivity contribution in [3.8, 4) is 5.69 Å². The number of hydrogen-bond acceptors (Lipinski definition) is 1. The number of rotatable bonds is 4. The molecule has 2 heteroatoms. The molecule has 0 spiro atoms. The van der Waals surface area contributed by atoms with Crippen molar-refractivity contribution in [2.75, 3.05) is 0 Å². The van der Waals surface area contributed by atoms with Gasteiger partial charge in [-0.1, -0.05) is 85.4 Å². The summed E-state index contributed by atoms with van der Waals surface area (Å²) in [6, 6.07) is 40.5. The Balaban J connectivity index is 1.44. The van der Waals surface area contributed by atoms with Gasteiger partial charge in [-0.15, -0.1) is 0 Å². The first-order valence-electron chi connectivity index (χ1n) is 11.5. The van der Waals surface area contributed by atoms with Gasteiger partial charge in [0.25, 0.3) is 0 Å². The minimum Gasteiger partial charge on any atom is -0.309 e. The molecule has 2 nitrogen and oxygen atoms in total. The Morgan fingerprint density at radius 2 is 1.29 bits per heavy atom. The van der Waals surface area contributed by atoms with Gasteiger partial charge < -0.3 is 4.57 Å². The van der Waals surface area contributed by atoms with E-state index >= 15 is 0 Å². The van der Waals surface area contributed by atoms with Crippen molar-refractivity contribution in [1.82, 2.24) is 4.57 Å². The minimum absolute atomic E-state index is 0.773. The standard InChI is InChI=1S/C32H24N2/c1-22(25-17-16-24-10-6-7-11-27(24)20-25)33-23(2)26-18-19-32-30(21-26)29-14-8-9-15-31(29)34(32)28-12-4-3-5-13-28/h3-21H,1H2,2H3. The van der Waals surface area contributed by atoms with E-state index in [9.17, 15) is 0 Å². The van der Waals surface area contributed by atoms with Crippen molar-refractivity contribution in [3.05, 3.63) is 133 Å². The van der Waals surface area contributed by atoms with Gasteiger partial charge in [0, 0.05) is 27.7 Å². The Morgan fingerprint density at radius 1 is 0.618 bits per heavy atom. The minimum atomic E-state index is 0.773. The van der Waals surface area contributed by atoms with E-state index in [-0.39, 0.29) is 0 Å². The van der Waals surface area contributed by atoms with Crippen LogP contribution in [0, 0.1) is 0 Å². The fourth-order valence-electron chi connectivity index (χ4n) is 4.75. The van der Waals surface area contributed by atoms with E-state index in [4.69, 9.17) is 4.99 Å². The quantitative estimate of drug-likeness (QED) is 0.247. The average Bonchev–Trinajstić information content (AvgIpc) is 3.22. The number of fused-ring (bicyclic) bond motifs is 4. The molecule has 6 rings (SSSR count). The zero-order chi connectivity index (χ0) is 23.1. The highest BCUT2D eigenvalue weighted by Crippen LogP contribution is 2.33. The molecule has 34 heavy (non-hydrogen) atoms. The summed E-state index contributed by atoms with van der Waals surface area (Å²) in [5.41, 5.74) is 7.43. The molecular formula is C32H24N2. The highest BCUT2D eigenvalue weighted by molar-refractivity contribution is 6.12. The molecule has 1 heterocycles. The Bertz CT molecular complexity index is 1720. The molecule has 0 N–H and O–H groups in total. The fourth-order valence-corrected chi connectivity index (χ4v) is 4.75. The van der Waals surface area contributed by atoms with Crippen LogP contribution in [0.5, 0.6) is 0 Å². The summed E-state index contributed by atoms with van der Waals surface area (Å²) in [4.78, 5) is 4.89. The van der Waals surface area contributed by atoms with Gasteiger partial charge in [0.15, 0.2) is 0 Å². The summed E-state index contributed by atoms with van der Waals surface area (Å²) < 4.78 is 2.33. The van der Waals surface area contributed by atoms with Crippen molar-refractivity contribution in [2.45, 2.75) is 6.92 Å². The molecule has 162 valence electrons. The van der Waals surface area contributed by atoms with Crippen molar-refractivity contribution in [1.29, 1.82) is 0 Å². The summed E-state index contributed by atoms with van der Waals surface area (Å²) in [7, 11) is 0. The van der Waals surface area contributed by atoms with Crippen molar-refractivity contribution in [2.24, 2.45) is 4.99 Å². The van der Waals surface area contributed by atoms with Gasteiger partial charge in [-0.2, -0.15) is 0 Å². The lowest BCUT2D eigenvalue weighted by molar-refractivity contribution is 1.18. The Kier molecular flexibility index (Phi) is 4.85. The summed E-state index contributed by atoms with van der Waals surface area (Å²) in [6.45, 7) is 6.32. The van der Waals surface area contributed by atoms with E-state index in [1.807, 2.05) is 0 Å². The van der Waals surface area contributed by atoms with Crippen LogP contribution in [0.4, 0.5) is 0 Å². The van der Waals surface area contributed by atoms with Crippen molar-refractivity contribution in [3.63, 3.8) is 0 Å². The largest absolute Gasteiger partial charge is 0.309 e. The lowest BCUT2D eigenvalue weighted by Crippen LogP contribution is -1.97.